The number of esters is 2. The van der Waals surface area contributed by atoms with Crippen LogP contribution in [-0.4, -0.2) is 35.4 Å². The van der Waals surface area contributed by atoms with Gasteiger partial charge in [-0.1, -0.05) is 27.2 Å². The molecule has 2 rings (SSSR count). The number of nitrogens with zero attached hydrogens (tertiary/aromatic N) is 1. The van der Waals surface area contributed by atoms with Gasteiger partial charge in [-0.25, -0.2) is 0 Å². The van der Waals surface area contributed by atoms with Crippen LogP contribution < -0.4 is 0 Å². The van der Waals surface area contributed by atoms with E-state index in [1.165, 1.54) is 24.3 Å². The van der Waals surface area contributed by atoms with Crippen LogP contribution in [-0.2, 0) is 19.1 Å². The van der Waals surface area contributed by atoms with E-state index in [0.717, 1.165) is 19.3 Å². The normalized spacial score (nSPS) is 21.1. The Bertz CT molecular complexity index is 772. The smallest absolute Gasteiger partial charge is 0.306 e. The molecule has 8 heteroatoms. The maximum Gasteiger partial charge on any atom is 0.306 e. The third-order valence-corrected chi connectivity index (χ3v) is 5.54. The zero-order valence-corrected chi connectivity index (χ0v) is 17.7. The minimum atomic E-state index is -0.667. The van der Waals surface area contributed by atoms with Gasteiger partial charge in [-0.15, -0.1) is 0 Å². The van der Waals surface area contributed by atoms with E-state index in [2.05, 4.69) is 20.8 Å². The largest absolute Gasteiger partial charge is 0.462 e. The summed E-state index contributed by atoms with van der Waals surface area (Å²) < 4.78 is 10.6. The number of ether oxygens (including phenoxy) is 2. The van der Waals surface area contributed by atoms with E-state index < -0.39 is 29.3 Å². The number of Topliss-reactive ketones (excluding diaryl/α,β-unsaturated/α-hetero) is 1. The number of carbonyl (C=O) groups is 3. The van der Waals surface area contributed by atoms with E-state index in [9.17, 15) is 24.5 Å². The lowest BCUT2D eigenvalue weighted by atomic mass is 9.75. The fourth-order valence-electron chi connectivity index (χ4n) is 3.75. The van der Waals surface area contributed by atoms with Crippen molar-refractivity contribution in [2.24, 2.45) is 17.8 Å². The molecule has 0 amide bonds. The molecule has 0 aromatic heterocycles. The highest BCUT2D eigenvalue weighted by molar-refractivity contribution is 5.98. The van der Waals surface area contributed by atoms with Crippen LogP contribution in [0.15, 0.2) is 24.3 Å². The lowest BCUT2D eigenvalue weighted by molar-refractivity contribution is -0.384. The number of hydrogen-bond acceptors (Lipinski definition) is 7. The number of carbonyl (C=O) groups excluding carboxylic acids is 3. The van der Waals surface area contributed by atoms with Gasteiger partial charge in [-0.05, 0) is 42.7 Å². The van der Waals surface area contributed by atoms with E-state index in [0.29, 0.717) is 17.8 Å². The molecular weight excluding hydrogens is 390 g/mol. The molecule has 1 saturated carbocycles. The Morgan fingerprint density at radius 2 is 1.73 bits per heavy atom. The fourth-order valence-corrected chi connectivity index (χ4v) is 3.75. The van der Waals surface area contributed by atoms with Gasteiger partial charge in [0.1, 0.15) is 6.10 Å². The molecule has 0 unspecified atom stereocenters. The first-order valence-corrected chi connectivity index (χ1v) is 10.3. The molecule has 1 aromatic carbocycles. The Morgan fingerprint density at radius 3 is 2.33 bits per heavy atom. The summed E-state index contributed by atoms with van der Waals surface area (Å²) in [6.45, 7) is 5.92. The van der Waals surface area contributed by atoms with Gasteiger partial charge in [0.15, 0.2) is 12.4 Å². The number of ketones is 1. The Hall–Kier alpha value is -2.77. The van der Waals surface area contributed by atoms with E-state index in [1.54, 1.807) is 0 Å². The first-order valence-electron chi connectivity index (χ1n) is 10.3. The molecular formula is C22H29NO7. The molecule has 0 spiro atoms. The highest BCUT2D eigenvalue weighted by atomic mass is 16.6. The second-order valence-corrected chi connectivity index (χ2v) is 8.24. The van der Waals surface area contributed by atoms with Gasteiger partial charge in [-0.3, -0.25) is 24.5 Å². The molecule has 0 heterocycles. The number of nitro benzene ring substituents is 1. The van der Waals surface area contributed by atoms with Gasteiger partial charge in [0, 0.05) is 17.7 Å². The lowest BCUT2D eigenvalue weighted by Crippen LogP contribution is -2.36. The number of nitro groups is 1. The first-order chi connectivity index (χ1) is 14.2. The highest BCUT2D eigenvalue weighted by Gasteiger charge is 2.33. The molecule has 1 aliphatic carbocycles. The molecule has 0 aliphatic heterocycles. The zero-order valence-electron chi connectivity index (χ0n) is 17.7. The van der Waals surface area contributed by atoms with Crippen LogP contribution in [0.4, 0.5) is 5.69 Å². The van der Waals surface area contributed by atoms with Gasteiger partial charge in [-0.2, -0.15) is 0 Å². The Labute approximate surface area is 176 Å². The third-order valence-electron chi connectivity index (χ3n) is 5.54. The number of rotatable bonds is 9. The molecule has 164 valence electrons. The first kappa shape index (κ1) is 23.5. The standard InChI is InChI=1S/C22H29NO7/c1-14(2)18-9-4-15(3)12-20(18)30-22(26)11-10-21(25)29-13-19(24)16-5-7-17(8-6-16)23(27)28/h5-8,14-15,18,20H,4,9-13H2,1-3H3/t15-,18-,20+/m0/s1. The molecule has 1 aromatic rings. The van der Waals surface area contributed by atoms with Crippen molar-refractivity contribution in [1.82, 2.24) is 0 Å². The minimum absolute atomic E-state index is 0.0970. The highest BCUT2D eigenvalue weighted by Crippen LogP contribution is 2.35. The molecule has 3 atom stereocenters. The Morgan fingerprint density at radius 1 is 1.10 bits per heavy atom. The number of benzene rings is 1. The fraction of sp³-hybridized carbons (Fsp3) is 0.591. The van der Waals surface area contributed by atoms with Crippen LogP contribution in [0.5, 0.6) is 0 Å². The van der Waals surface area contributed by atoms with Crippen molar-refractivity contribution in [3.8, 4) is 0 Å². The van der Waals surface area contributed by atoms with E-state index in [4.69, 9.17) is 9.47 Å². The third kappa shape index (κ3) is 6.93. The van der Waals surface area contributed by atoms with E-state index in [1.807, 2.05) is 0 Å². The quantitative estimate of drug-likeness (QED) is 0.256. The van der Waals surface area contributed by atoms with Gasteiger partial charge in [0.2, 0.25) is 0 Å². The van der Waals surface area contributed by atoms with Crippen molar-refractivity contribution in [2.45, 2.75) is 59.0 Å². The van der Waals surface area contributed by atoms with Crippen molar-refractivity contribution in [1.29, 1.82) is 0 Å². The molecule has 0 bridgehead atoms. The van der Waals surface area contributed by atoms with Crippen molar-refractivity contribution in [3.05, 3.63) is 39.9 Å². The molecule has 0 radical (unpaired) electrons. The van der Waals surface area contributed by atoms with Crippen molar-refractivity contribution < 1.29 is 28.8 Å². The van der Waals surface area contributed by atoms with Gasteiger partial charge < -0.3 is 9.47 Å². The Balaban J connectivity index is 1.75. The maximum atomic E-state index is 12.2. The summed E-state index contributed by atoms with van der Waals surface area (Å²) in [5.41, 5.74) is 0.0769. The summed E-state index contributed by atoms with van der Waals surface area (Å²) in [6, 6.07) is 5.03. The summed E-state index contributed by atoms with van der Waals surface area (Å²) in [4.78, 5) is 46.1. The molecule has 0 N–H and O–H groups in total. The van der Waals surface area contributed by atoms with Gasteiger partial charge in [0.05, 0.1) is 17.8 Å². The second kappa shape index (κ2) is 10.8. The topological polar surface area (TPSA) is 113 Å². The van der Waals surface area contributed by atoms with E-state index in [-0.39, 0.29) is 30.2 Å². The monoisotopic (exact) mass is 419 g/mol. The molecule has 1 aliphatic rings. The van der Waals surface area contributed by atoms with Gasteiger partial charge in [0.25, 0.3) is 5.69 Å². The summed E-state index contributed by atoms with van der Waals surface area (Å²) in [7, 11) is 0. The second-order valence-electron chi connectivity index (χ2n) is 8.24. The predicted molar refractivity (Wildman–Crippen MR) is 109 cm³/mol. The van der Waals surface area contributed by atoms with Crippen LogP contribution in [0.1, 0.15) is 63.2 Å². The predicted octanol–water partition coefficient (Wildman–Crippen LogP) is 4.10. The van der Waals surface area contributed by atoms with Gasteiger partial charge >= 0.3 is 11.9 Å². The average molecular weight is 419 g/mol. The van der Waals surface area contributed by atoms with Crippen LogP contribution >= 0.6 is 0 Å². The van der Waals surface area contributed by atoms with Crippen molar-refractivity contribution in [3.63, 3.8) is 0 Å². The number of non-ortho nitro benzene ring substituents is 1. The van der Waals surface area contributed by atoms with E-state index >= 15 is 0 Å². The summed E-state index contributed by atoms with van der Waals surface area (Å²) in [5, 5.41) is 10.6. The number of hydrogen-bond donors (Lipinski definition) is 0. The van der Waals surface area contributed by atoms with Crippen molar-refractivity contribution >= 4 is 23.4 Å². The van der Waals surface area contributed by atoms with Crippen LogP contribution in [0.25, 0.3) is 0 Å². The Kier molecular flexibility index (Phi) is 8.50. The molecule has 8 nitrogen and oxygen atoms in total. The van der Waals surface area contributed by atoms with Crippen LogP contribution in [0.3, 0.4) is 0 Å². The van der Waals surface area contributed by atoms with Crippen LogP contribution in [0.2, 0.25) is 0 Å². The summed E-state index contributed by atoms with van der Waals surface area (Å²) in [6.07, 6.45) is 2.61. The molecule has 30 heavy (non-hydrogen) atoms. The van der Waals surface area contributed by atoms with Crippen LogP contribution in [0, 0.1) is 27.9 Å². The summed E-state index contributed by atoms with van der Waals surface area (Å²) in [5.74, 6) is -0.315. The maximum absolute atomic E-state index is 12.2. The van der Waals surface area contributed by atoms with Crippen molar-refractivity contribution in [2.75, 3.05) is 6.61 Å². The summed E-state index contributed by atoms with van der Waals surface area (Å²) >= 11 is 0. The zero-order chi connectivity index (χ0) is 22.3. The SMILES string of the molecule is CC(C)[C@@H]1CC[C@H](C)C[C@H]1OC(=O)CCC(=O)OCC(=O)c1ccc([N+](=O)[O-])cc1. The average Bonchev–Trinajstić information content (AvgIpc) is 2.70. The molecule has 1 fully saturated rings. The lowest BCUT2D eigenvalue weighted by Gasteiger charge is -2.36. The minimum Gasteiger partial charge on any atom is -0.462 e. The molecule has 0 saturated heterocycles.